The first-order chi connectivity index (χ1) is 14.0. The minimum absolute atomic E-state index is 0.127. The van der Waals surface area contributed by atoms with E-state index < -0.39 is 10.5 Å². The third-order valence-electron chi connectivity index (χ3n) is 5.64. The Bertz CT molecular complexity index is 1130. The molecule has 3 aromatic rings. The van der Waals surface area contributed by atoms with Gasteiger partial charge in [-0.2, -0.15) is 0 Å². The van der Waals surface area contributed by atoms with Crippen LogP contribution < -0.4 is 5.56 Å². The van der Waals surface area contributed by atoms with Gasteiger partial charge in [0.15, 0.2) is 5.78 Å². The maximum Gasteiger partial charge on any atom is 0.270 e. The summed E-state index contributed by atoms with van der Waals surface area (Å²) < 4.78 is 1.20. The van der Waals surface area contributed by atoms with Crippen molar-refractivity contribution in [2.75, 3.05) is 0 Å². The second kappa shape index (κ2) is 7.95. The summed E-state index contributed by atoms with van der Waals surface area (Å²) in [7, 11) is 0. The summed E-state index contributed by atoms with van der Waals surface area (Å²) in [4.78, 5) is 39.9. The Morgan fingerprint density at radius 1 is 1.10 bits per heavy atom. The van der Waals surface area contributed by atoms with Gasteiger partial charge in [-0.1, -0.05) is 43.5 Å². The zero-order chi connectivity index (χ0) is 20.4. The molecule has 0 amide bonds. The minimum Gasteiger partial charge on any atom is -0.292 e. The summed E-state index contributed by atoms with van der Waals surface area (Å²) in [6, 6.07) is 11.6. The van der Waals surface area contributed by atoms with Crippen molar-refractivity contribution in [2.45, 2.75) is 44.6 Å². The molecule has 1 saturated carbocycles. The Morgan fingerprint density at radius 2 is 1.83 bits per heavy atom. The Morgan fingerprint density at radius 3 is 2.52 bits per heavy atom. The van der Waals surface area contributed by atoms with Crippen LogP contribution in [0.4, 0.5) is 5.69 Å². The van der Waals surface area contributed by atoms with Crippen molar-refractivity contribution >= 4 is 22.4 Å². The summed E-state index contributed by atoms with van der Waals surface area (Å²) in [5, 5.41) is 11.1. The first-order valence-corrected chi connectivity index (χ1v) is 9.79. The topological polar surface area (TPSA) is 95.1 Å². The highest BCUT2D eigenvalue weighted by Crippen LogP contribution is 2.32. The van der Waals surface area contributed by atoms with Crippen molar-refractivity contribution < 1.29 is 9.72 Å². The molecular weight excluding hydrogens is 370 g/mol. The van der Waals surface area contributed by atoms with E-state index >= 15 is 0 Å². The van der Waals surface area contributed by atoms with Crippen molar-refractivity contribution in [3.8, 4) is 0 Å². The van der Waals surface area contributed by atoms with Crippen molar-refractivity contribution in [3.05, 3.63) is 80.4 Å². The zero-order valence-corrected chi connectivity index (χ0v) is 15.9. The van der Waals surface area contributed by atoms with Crippen LogP contribution in [0.5, 0.6) is 0 Å². The molecule has 1 aromatic heterocycles. The highest BCUT2D eigenvalue weighted by Gasteiger charge is 2.17. The molecule has 0 aliphatic heterocycles. The van der Waals surface area contributed by atoms with E-state index in [1.54, 1.807) is 0 Å². The summed E-state index contributed by atoms with van der Waals surface area (Å²) >= 11 is 0. The molecule has 0 N–H and O–H groups in total. The number of aromatic nitrogens is 2. The molecule has 1 aliphatic carbocycles. The fraction of sp³-hybridized carbons (Fsp3) is 0.318. The number of ketones is 1. The van der Waals surface area contributed by atoms with Crippen LogP contribution in [0.15, 0.2) is 53.6 Å². The molecule has 1 aliphatic rings. The lowest BCUT2D eigenvalue weighted by atomic mass is 9.84. The average molecular weight is 391 g/mol. The second-order valence-corrected chi connectivity index (χ2v) is 7.52. The second-order valence-electron chi connectivity index (χ2n) is 7.52. The Balaban J connectivity index is 1.56. The average Bonchev–Trinajstić information content (AvgIpc) is 2.76. The summed E-state index contributed by atoms with van der Waals surface area (Å²) in [6.07, 6.45) is 7.49. The zero-order valence-electron chi connectivity index (χ0n) is 15.9. The van der Waals surface area contributed by atoms with Crippen LogP contribution in [0.25, 0.3) is 10.9 Å². The maximum absolute atomic E-state index is 12.7. The molecule has 1 heterocycles. The van der Waals surface area contributed by atoms with Crippen LogP contribution in [0, 0.1) is 10.1 Å². The fourth-order valence-electron chi connectivity index (χ4n) is 4.00. The molecule has 4 rings (SSSR count). The number of non-ortho nitro benzene ring substituents is 1. The van der Waals surface area contributed by atoms with Gasteiger partial charge in [0.2, 0.25) is 0 Å². The number of nitro groups is 1. The van der Waals surface area contributed by atoms with Crippen LogP contribution in [-0.2, 0) is 6.54 Å². The first-order valence-electron chi connectivity index (χ1n) is 9.79. The smallest absolute Gasteiger partial charge is 0.270 e. The van der Waals surface area contributed by atoms with E-state index in [0.29, 0.717) is 17.0 Å². The fourth-order valence-corrected chi connectivity index (χ4v) is 4.00. The molecule has 1 fully saturated rings. The predicted molar refractivity (Wildman–Crippen MR) is 109 cm³/mol. The van der Waals surface area contributed by atoms with E-state index in [1.165, 1.54) is 66.8 Å². The van der Waals surface area contributed by atoms with Crippen LogP contribution in [-0.4, -0.2) is 20.3 Å². The Hall–Kier alpha value is -3.35. The number of carbonyl (C=O) groups excluding carboxylic acids is 1. The maximum atomic E-state index is 12.7. The molecule has 0 atom stereocenters. The third kappa shape index (κ3) is 3.94. The van der Waals surface area contributed by atoms with Crippen LogP contribution >= 0.6 is 0 Å². The Kier molecular flexibility index (Phi) is 5.20. The van der Waals surface area contributed by atoms with Gasteiger partial charge in [-0.05, 0) is 30.4 Å². The number of benzene rings is 2. The Labute approximate surface area is 167 Å². The van der Waals surface area contributed by atoms with Crippen LogP contribution in [0.1, 0.15) is 53.9 Å². The van der Waals surface area contributed by atoms with Gasteiger partial charge in [0.1, 0.15) is 0 Å². The monoisotopic (exact) mass is 391 g/mol. The molecule has 0 bridgehead atoms. The van der Waals surface area contributed by atoms with E-state index in [0.717, 1.165) is 0 Å². The number of Topliss-reactive ketones (excluding diaryl/α,β-unsaturated/α-hetero) is 1. The van der Waals surface area contributed by atoms with E-state index in [4.69, 9.17) is 0 Å². The quantitative estimate of drug-likeness (QED) is 0.368. The number of nitrogens with zero attached hydrogens (tertiary/aromatic N) is 3. The van der Waals surface area contributed by atoms with Gasteiger partial charge in [0, 0.05) is 17.7 Å². The highest BCUT2D eigenvalue weighted by atomic mass is 16.6. The first kappa shape index (κ1) is 19.0. The molecule has 0 radical (unpaired) electrons. The molecule has 7 heteroatoms. The summed E-state index contributed by atoms with van der Waals surface area (Å²) in [5.74, 6) is 0.366. The number of rotatable bonds is 5. The van der Waals surface area contributed by atoms with E-state index in [2.05, 4.69) is 4.98 Å². The van der Waals surface area contributed by atoms with E-state index in [-0.39, 0.29) is 23.4 Å². The molecule has 0 spiro atoms. The van der Waals surface area contributed by atoms with Gasteiger partial charge in [0.25, 0.3) is 11.2 Å². The van der Waals surface area contributed by atoms with Crippen molar-refractivity contribution in [3.63, 3.8) is 0 Å². The number of carbonyl (C=O) groups is 1. The third-order valence-corrected chi connectivity index (χ3v) is 5.64. The van der Waals surface area contributed by atoms with Gasteiger partial charge >= 0.3 is 0 Å². The standard InChI is InChI=1S/C22H21N3O4/c26-21(17-8-6-16(7-9-17)15-4-2-1-3-5-15)13-24-14-23-20-11-10-18(25(28)29)12-19(20)22(24)27/h6-12,14-15H,1-5,13H2. The number of hydrogen-bond acceptors (Lipinski definition) is 5. The molecule has 0 saturated heterocycles. The number of hydrogen-bond donors (Lipinski definition) is 0. The molecule has 148 valence electrons. The van der Waals surface area contributed by atoms with Gasteiger partial charge in [-0.25, -0.2) is 4.98 Å². The van der Waals surface area contributed by atoms with E-state index in [9.17, 15) is 19.7 Å². The molecule has 2 aromatic carbocycles. The van der Waals surface area contributed by atoms with Crippen molar-refractivity contribution in [1.82, 2.24) is 9.55 Å². The lowest BCUT2D eigenvalue weighted by molar-refractivity contribution is -0.384. The summed E-state index contributed by atoms with van der Waals surface area (Å²) in [6.45, 7) is -0.159. The molecule has 7 nitrogen and oxygen atoms in total. The molecule has 0 unspecified atom stereocenters. The number of fused-ring (bicyclic) bond motifs is 1. The molecule has 29 heavy (non-hydrogen) atoms. The van der Waals surface area contributed by atoms with Crippen molar-refractivity contribution in [1.29, 1.82) is 0 Å². The van der Waals surface area contributed by atoms with Crippen molar-refractivity contribution in [2.24, 2.45) is 0 Å². The van der Waals surface area contributed by atoms with Gasteiger partial charge in [-0.3, -0.25) is 24.3 Å². The normalized spacial score (nSPS) is 14.8. The SMILES string of the molecule is O=C(Cn1cnc2ccc([N+](=O)[O-])cc2c1=O)c1ccc(C2CCCCC2)cc1. The molecular formula is C22H21N3O4. The highest BCUT2D eigenvalue weighted by molar-refractivity contribution is 5.96. The number of nitro benzene ring substituents is 1. The van der Waals surface area contributed by atoms with E-state index in [1.807, 2.05) is 24.3 Å². The predicted octanol–water partition coefficient (Wildman–Crippen LogP) is 4.24. The van der Waals surface area contributed by atoms with Gasteiger partial charge < -0.3 is 0 Å². The van der Waals surface area contributed by atoms with Gasteiger partial charge in [0.05, 0.1) is 28.7 Å². The summed E-state index contributed by atoms with van der Waals surface area (Å²) in [5.41, 5.74) is 1.51. The van der Waals surface area contributed by atoms with Gasteiger partial charge in [-0.15, -0.1) is 0 Å². The van der Waals surface area contributed by atoms with Crippen LogP contribution in [0.3, 0.4) is 0 Å². The lowest BCUT2D eigenvalue weighted by Gasteiger charge is -2.22. The largest absolute Gasteiger partial charge is 0.292 e. The minimum atomic E-state index is -0.560. The lowest BCUT2D eigenvalue weighted by Crippen LogP contribution is -2.24. The van der Waals surface area contributed by atoms with Crippen LogP contribution in [0.2, 0.25) is 0 Å².